The van der Waals surface area contributed by atoms with E-state index in [9.17, 15) is 0 Å². The third kappa shape index (κ3) is 48.5. The summed E-state index contributed by atoms with van der Waals surface area (Å²) in [5.41, 5.74) is 0. The second-order valence-electron chi connectivity index (χ2n) is 4.43. The van der Waals surface area contributed by atoms with Crippen molar-refractivity contribution in [3.05, 3.63) is 0 Å². The molecule has 0 aromatic heterocycles. The molecule has 0 fully saturated rings. The van der Waals surface area contributed by atoms with Gasteiger partial charge in [-0.1, -0.05) is 0 Å². The van der Waals surface area contributed by atoms with Crippen LogP contribution >= 0.6 is 25.8 Å². The fraction of sp³-hybridized carbons (Fsp3) is 0.900. The molecule has 0 bridgehead atoms. The Balaban J connectivity index is -0.0000000827. The van der Waals surface area contributed by atoms with Gasteiger partial charge in [0, 0.05) is 19.5 Å². The Bertz CT molecular complexity index is 244. The van der Waals surface area contributed by atoms with Crippen LogP contribution in [0, 0.1) is 0 Å². The number of hydrogen-bond donors (Lipinski definition) is 0. The quantitative estimate of drug-likeness (QED) is 0.125. The Morgan fingerprint density at radius 1 is 0.343 bits per heavy atom. The number of carbonyl (C=O) groups excluding carboxylic acids is 2. The van der Waals surface area contributed by atoms with Gasteiger partial charge in [0.1, 0.15) is 0 Å². The Labute approximate surface area is 230 Å². The fourth-order valence-corrected chi connectivity index (χ4v) is 3.85. The molecule has 0 saturated carbocycles. The Morgan fingerprint density at radius 3 is 0.486 bits per heavy atom. The van der Waals surface area contributed by atoms with Crippen LogP contribution in [0.25, 0.3) is 0 Å². The zero-order valence-electron chi connectivity index (χ0n) is 22.5. The second kappa shape index (κ2) is 51.5. The maximum atomic E-state index is 7.50. The molecule has 214 valence electrons. The van der Waals surface area contributed by atoms with Gasteiger partial charge >= 0.3 is 25.8 Å². The molecule has 15 heteroatoms. The minimum atomic E-state index is -1.06. The van der Waals surface area contributed by atoms with Gasteiger partial charge in [-0.2, -0.15) is 0 Å². The van der Waals surface area contributed by atoms with E-state index in [1.54, 1.807) is 0 Å². The third-order valence-corrected chi connectivity index (χ3v) is 6.33. The molecule has 0 heterocycles. The van der Waals surface area contributed by atoms with Crippen LogP contribution < -0.4 is 0 Å². The van der Waals surface area contributed by atoms with Crippen molar-refractivity contribution in [3.63, 3.8) is 0 Å². The first-order valence-electron chi connectivity index (χ1n) is 11.0. The van der Waals surface area contributed by atoms with Crippen molar-refractivity contribution in [3.8, 4) is 0 Å². The number of rotatable bonds is 18. The van der Waals surface area contributed by atoms with Crippen LogP contribution in [-0.2, 0) is 69.8 Å². The van der Waals surface area contributed by atoms with Crippen LogP contribution in [-0.4, -0.2) is 73.0 Å². The summed E-state index contributed by atoms with van der Waals surface area (Å²) < 4.78 is 46.3. The van der Waals surface area contributed by atoms with Crippen molar-refractivity contribution in [1.82, 2.24) is 0 Å². The molecule has 0 amide bonds. The molecule has 4 radical (unpaired) electrons. The van der Waals surface area contributed by atoms with E-state index in [0.717, 1.165) is 0 Å². The van der Waals surface area contributed by atoms with Crippen molar-refractivity contribution >= 4 is 39.4 Å². The van der Waals surface area contributed by atoms with Crippen molar-refractivity contribution in [2.45, 2.75) is 62.3 Å². The molecule has 11 nitrogen and oxygen atoms in total. The van der Waals surface area contributed by atoms with Gasteiger partial charge in [-0.05, 0) is 62.3 Å². The first-order valence-corrected chi connectivity index (χ1v) is 14.3. The zero-order valence-corrected chi connectivity index (χ0v) is 27.0. The molecule has 0 aliphatic carbocycles. The van der Waals surface area contributed by atoms with Gasteiger partial charge in [0.05, 0.1) is 59.5 Å². The SMILES string of the molecule is CCOP(OCC)OCC.CCOP(OCC)OCC.CCOP(OCC)OCC.[C]=O.[C]=O.[Ru]. The standard InChI is InChI=1S/3C6H15O3P.2CO.Ru/c3*1-4-7-10(8-5-2)9-6-3;2*1-2;/h3*4-6H2,1-3H3;;;. The predicted molar refractivity (Wildman–Crippen MR) is 137 cm³/mol. The molecule has 0 rings (SSSR count). The summed E-state index contributed by atoms with van der Waals surface area (Å²) in [6, 6.07) is 0. The van der Waals surface area contributed by atoms with E-state index >= 15 is 0 Å². The van der Waals surface area contributed by atoms with Crippen LogP contribution in [0.3, 0.4) is 0 Å². The van der Waals surface area contributed by atoms with Gasteiger partial charge in [0.2, 0.25) is 0 Å². The Hall–Kier alpha value is 0.893. The fourth-order valence-electron chi connectivity index (χ4n) is 1.28. The molecule has 0 aliphatic rings. The first-order chi connectivity index (χ1) is 16.5. The van der Waals surface area contributed by atoms with Crippen molar-refractivity contribution < 1.29 is 69.8 Å². The summed E-state index contributed by atoms with van der Waals surface area (Å²) in [4.78, 5) is 15.0. The minimum absolute atomic E-state index is 0. The van der Waals surface area contributed by atoms with Gasteiger partial charge in [0.15, 0.2) is 0 Å². The van der Waals surface area contributed by atoms with E-state index in [0.29, 0.717) is 59.5 Å². The van der Waals surface area contributed by atoms with Gasteiger partial charge in [-0.15, -0.1) is 0 Å². The Kier molecular flexibility index (Phi) is 72.0. The van der Waals surface area contributed by atoms with Gasteiger partial charge < -0.3 is 40.7 Å². The van der Waals surface area contributed by atoms with Crippen LogP contribution in [0.1, 0.15) is 62.3 Å². The van der Waals surface area contributed by atoms with Crippen LogP contribution in [0.4, 0.5) is 0 Å². The molecule has 0 aromatic carbocycles. The van der Waals surface area contributed by atoms with E-state index in [1.165, 1.54) is 0 Å². The summed E-state index contributed by atoms with van der Waals surface area (Å²) in [5.74, 6) is 0. The largest absolute Gasteiger partial charge is 0.332 e. The van der Waals surface area contributed by atoms with E-state index in [4.69, 9.17) is 50.3 Å². The maximum Gasteiger partial charge on any atom is 0.332 e. The molecule has 0 atom stereocenters. The predicted octanol–water partition coefficient (Wildman–Crippen LogP) is 6.17. The summed E-state index contributed by atoms with van der Waals surface area (Å²) in [7, 11) is -3.18. The summed E-state index contributed by atoms with van der Waals surface area (Å²) >= 11 is 0. The van der Waals surface area contributed by atoms with E-state index in [-0.39, 0.29) is 19.5 Å². The molecular formula is C20H45O11P3Ru. The Morgan fingerprint density at radius 2 is 0.429 bits per heavy atom. The first kappa shape index (κ1) is 48.9. The monoisotopic (exact) mass is 656 g/mol. The van der Waals surface area contributed by atoms with Crippen molar-refractivity contribution in [2.24, 2.45) is 0 Å². The maximum absolute atomic E-state index is 7.50. The van der Waals surface area contributed by atoms with Crippen molar-refractivity contribution in [1.29, 1.82) is 0 Å². The third-order valence-electron chi connectivity index (χ3n) is 2.11. The minimum Gasteiger partial charge on any atom is -0.313 e. The summed E-state index contributed by atoms with van der Waals surface area (Å²) in [6.07, 6.45) is 0. The van der Waals surface area contributed by atoms with Gasteiger partial charge in [0.25, 0.3) is 13.6 Å². The smallest absolute Gasteiger partial charge is 0.313 e. The van der Waals surface area contributed by atoms with E-state index in [1.807, 2.05) is 62.3 Å². The van der Waals surface area contributed by atoms with E-state index in [2.05, 4.69) is 13.6 Å². The normalized spacial score (nSPS) is 9.49. The number of hydrogen-bond acceptors (Lipinski definition) is 11. The van der Waals surface area contributed by atoms with Gasteiger partial charge in [-0.25, -0.2) is 0 Å². The van der Waals surface area contributed by atoms with Crippen molar-refractivity contribution in [2.75, 3.05) is 59.5 Å². The molecule has 35 heavy (non-hydrogen) atoms. The van der Waals surface area contributed by atoms with Crippen LogP contribution in [0.15, 0.2) is 0 Å². The molecule has 0 saturated heterocycles. The molecule has 0 spiro atoms. The molecule has 0 aromatic rings. The van der Waals surface area contributed by atoms with Crippen LogP contribution in [0.5, 0.6) is 0 Å². The molecule has 0 N–H and O–H groups in total. The topological polar surface area (TPSA) is 117 Å². The van der Waals surface area contributed by atoms with E-state index < -0.39 is 25.8 Å². The second-order valence-corrected chi connectivity index (χ2v) is 8.10. The zero-order chi connectivity index (χ0) is 27.5. The molecule has 0 unspecified atom stereocenters. The summed E-state index contributed by atoms with van der Waals surface area (Å²) in [5, 5.41) is 0. The average Bonchev–Trinajstić information content (AvgIpc) is 2.84. The van der Waals surface area contributed by atoms with Crippen LogP contribution in [0.2, 0.25) is 0 Å². The molecular weight excluding hydrogens is 610 g/mol. The van der Waals surface area contributed by atoms with Gasteiger partial charge in [-0.3, -0.25) is 9.59 Å². The average molecular weight is 656 g/mol. The molecule has 0 aliphatic heterocycles. The summed E-state index contributed by atoms with van der Waals surface area (Å²) in [6.45, 7) is 32.1.